The summed E-state index contributed by atoms with van der Waals surface area (Å²) >= 11 is 0. The quantitative estimate of drug-likeness (QED) is 0.823. The Morgan fingerprint density at radius 1 is 1.44 bits per heavy atom. The van der Waals surface area contributed by atoms with E-state index in [1.807, 2.05) is 0 Å². The monoisotopic (exact) mass is 260 g/mol. The molecule has 1 N–H and O–H groups in total. The van der Waals surface area contributed by atoms with Crippen molar-refractivity contribution in [2.75, 3.05) is 6.61 Å². The highest BCUT2D eigenvalue weighted by Gasteiger charge is 2.59. The van der Waals surface area contributed by atoms with E-state index in [1.54, 1.807) is 0 Å². The van der Waals surface area contributed by atoms with Gasteiger partial charge in [-0.25, -0.2) is 4.79 Å². The highest BCUT2D eigenvalue weighted by atomic mass is 19.3. The number of nitrogens with zero attached hydrogens (tertiary/aromatic N) is 2. The minimum Gasteiger partial charge on any atom is -0.461 e. The Hall–Kier alpha value is -1.63. The van der Waals surface area contributed by atoms with E-state index in [4.69, 9.17) is 0 Å². The number of carbonyl (C=O) groups excluding carboxylic acids is 1. The second-order valence-corrected chi connectivity index (χ2v) is 3.86. The van der Waals surface area contributed by atoms with Crippen LogP contribution in [-0.2, 0) is 15.1 Å². The molecule has 0 aliphatic carbocycles. The van der Waals surface area contributed by atoms with Crippen molar-refractivity contribution in [3.05, 3.63) is 23.8 Å². The fourth-order valence-corrected chi connectivity index (χ4v) is 1.45. The van der Waals surface area contributed by atoms with Gasteiger partial charge in [0.1, 0.15) is 0 Å². The number of hydrogen-bond donors (Lipinski definition) is 1. The van der Waals surface area contributed by atoms with Crippen molar-refractivity contribution < 1.29 is 23.4 Å². The van der Waals surface area contributed by atoms with Gasteiger partial charge in [-0.3, -0.25) is 9.97 Å². The van der Waals surface area contributed by atoms with Crippen molar-refractivity contribution in [3.63, 3.8) is 0 Å². The number of aryl methyl sites for hydroxylation is 1. The Labute approximate surface area is 103 Å². The topological polar surface area (TPSA) is 72.3 Å². The van der Waals surface area contributed by atoms with Gasteiger partial charge in [0.15, 0.2) is 5.60 Å². The zero-order valence-corrected chi connectivity index (χ0v) is 10.3. The normalized spacial score (nSPS) is 15.0. The van der Waals surface area contributed by atoms with Gasteiger partial charge in [-0.05, 0) is 20.8 Å². The van der Waals surface area contributed by atoms with Crippen molar-refractivity contribution >= 4 is 5.97 Å². The van der Waals surface area contributed by atoms with E-state index < -0.39 is 17.5 Å². The van der Waals surface area contributed by atoms with Crippen molar-refractivity contribution in [2.24, 2.45) is 0 Å². The van der Waals surface area contributed by atoms with Crippen LogP contribution >= 0.6 is 0 Å². The molecular formula is C11H14F2N2O3. The highest BCUT2D eigenvalue weighted by molar-refractivity contribution is 5.79. The van der Waals surface area contributed by atoms with Crippen LogP contribution in [0.15, 0.2) is 12.4 Å². The van der Waals surface area contributed by atoms with E-state index >= 15 is 0 Å². The first-order valence-corrected chi connectivity index (χ1v) is 5.30. The van der Waals surface area contributed by atoms with E-state index in [1.165, 1.54) is 20.0 Å². The number of rotatable bonds is 4. The Balaban J connectivity index is 3.20. The molecule has 7 heteroatoms. The van der Waals surface area contributed by atoms with Gasteiger partial charge in [-0.1, -0.05) is 0 Å². The van der Waals surface area contributed by atoms with Gasteiger partial charge in [-0.15, -0.1) is 0 Å². The van der Waals surface area contributed by atoms with Crippen LogP contribution in [0.3, 0.4) is 0 Å². The average molecular weight is 260 g/mol. The maximum absolute atomic E-state index is 13.9. The molecule has 1 rings (SSSR count). The Morgan fingerprint density at radius 2 is 2.00 bits per heavy atom. The average Bonchev–Trinajstić information content (AvgIpc) is 2.29. The zero-order valence-electron chi connectivity index (χ0n) is 10.3. The number of carbonyl (C=O) groups is 1. The predicted molar refractivity (Wildman–Crippen MR) is 57.9 cm³/mol. The van der Waals surface area contributed by atoms with Crippen molar-refractivity contribution in [1.29, 1.82) is 0 Å². The summed E-state index contributed by atoms with van der Waals surface area (Å²) < 4.78 is 32.0. The molecule has 0 bridgehead atoms. The fraction of sp³-hybridized carbons (Fsp3) is 0.545. The van der Waals surface area contributed by atoms with Gasteiger partial charge < -0.3 is 9.84 Å². The number of aliphatic hydroxyl groups is 1. The van der Waals surface area contributed by atoms with Crippen molar-refractivity contribution in [3.8, 4) is 0 Å². The minimum atomic E-state index is -4.11. The van der Waals surface area contributed by atoms with Crippen LogP contribution in [0.25, 0.3) is 0 Å². The molecule has 0 spiro atoms. The summed E-state index contributed by atoms with van der Waals surface area (Å²) in [6, 6.07) is 0. The summed E-state index contributed by atoms with van der Waals surface area (Å²) in [5.41, 5.74) is -3.02. The lowest BCUT2D eigenvalue weighted by molar-refractivity contribution is -0.213. The van der Waals surface area contributed by atoms with E-state index in [9.17, 15) is 18.7 Å². The van der Waals surface area contributed by atoms with Crippen LogP contribution in [0.5, 0.6) is 0 Å². The molecule has 5 nitrogen and oxygen atoms in total. The predicted octanol–water partition coefficient (Wildman–Crippen LogP) is 1.19. The lowest BCUT2D eigenvalue weighted by Gasteiger charge is -2.30. The SMILES string of the molecule is CCOC(=O)C(F)(F)C(C)(O)c1nccnc1C. The van der Waals surface area contributed by atoms with Gasteiger partial charge in [-0.2, -0.15) is 8.78 Å². The number of aromatic nitrogens is 2. The third kappa shape index (κ3) is 2.31. The molecule has 1 atom stereocenters. The first-order chi connectivity index (χ1) is 8.25. The molecule has 0 saturated heterocycles. The Kier molecular flexibility index (Phi) is 3.95. The van der Waals surface area contributed by atoms with Crippen LogP contribution < -0.4 is 0 Å². The van der Waals surface area contributed by atoms with Gasteiger partial charge in [0.05, 0.1) is 18.0 Å². The molecule has 18 heavy (non-hydrogen) atoms. The molecule has 1 unspecified atom stereocenters. The Bertz CT molecular complexity index is 450. The van der Waals surface area contributed by atoms with Gasteiger partial charge in [0.25, 0.3) is 0 Å². The smallest absolute Gasteiger partial charge is 0.380 e. The number of ether oxygens (including phenoxy) is 1. The Morgan fingerprint density at radius 3 is 2.50 bits per heavy atom. The number of esters is 1. The van der Waals surface area contributed by atoms with Gasteiger partial charge >= 0.3 is 11.9 Å². The summed E-state index contributed by atoms with van der Waals surface area (Å²) in [5, 5.41) is 9.94. The van der Waals surface area contributed by atoms with Crippen molar-refractivity contribution in [2.45, 2.75) is 32.3 Å². The van der Waals surface area contributed by atoms with Gasteiger partial charge in [0, 0.05) is 12.4 Å². The molecule has 1 aromatic heterocycles. The van der Waals surface area contributed by atoms with E-state index in [-0.39, 0.29) is 18.0 Å². The first-order valence-electron chi connectivity index (χ1n) is 5.30. The number of alkyl halides is 2. The second kappa shape index (κ2) is 4.93. The lowest BCUT2D eigenvalue weighted by Crippen LogP contribution is -2.50. The summed E-state index contributed by atoms with van der Waals surface area (Å²) in [7, 11) is 0. The highest BCUT2D eigenvalue weighted by Crippen LogP contribution is 2.38. The third-order valence-corrected chi connectivity index (χ3v) is 2.49. The summed E-state index contributed by atoms with van der Waals surface area (Å²) in [6.45, 7) is 3.42. The largest absolute Gasteiger partial charge is 0.461 e. The molecule has 1 aromatic rings. The summed E-state index contributed by atoms with van der Waals surface area (Å²) in [4.78, 5) is 18.6. The van der Waals surface area contributed by atoms with Crippen molar-refractivity contribution in [1.82, 2.24) is 9.97 Å². The number of hydrogen-bond acceptors (Lipinski definition) is 5. The lowest BCUT2D eigenvalue weighted by atomic mass is 9.92. The first kappa shape index (κ1) is 14.4. The maximum atomic E-state index is 13.9. The fourth-order valence-electron chi connectivity index (χ4n) is 1.45. The van der Waals surface area contributed by atoms with E-state index in [2.05, 4.69) is 14.7 Å². The molecule has 0 aliphatic heterocycles. The molecule has 0 aliphatic rings. The second-order valence-electron chi connectivity index (χ2n) is 3.86. The maximum Gasteiger partial charge on any atom is 0.380 e. The molecular weight excluding hydrogens is 246 g/mol. The molecule has 0 amide bonds. The summed E-state index contributed by atoms with van der Waals surface area (Å²) in [6.07, 6.45) is 2.47. The standard InChI is InChI=1S/C11H14F2N2O3/c1-4-18-9(16)11(12,13)10(3,17)8-7(2)14-5-6-15-8/h5-6,17H,4H2,1-3H3. The van der Waals surface area contributed by atoms with Crippen LogP contribution in [0.2, 0.25) is 0 Å². The molecule has 100 valence electrons. The van der Waals surface area contributed by atoms with Crippen LogP contribution in [0, 0.1) is 6.92 Å². The molecule has 1 heterocycles. The van der Waals surface area contributed by atoms with E-state index in [0.29, 0.717) is 0 Å². The van der Waals surface area contributed by atoms with Crippen LogP contribution in [-0.4, -0.2) is 33.6 Å². The molecule has 0 fully saturated rings. The van der Waals surface area contributed by atoms with Crippen LogP contribution in [0.4, 0.5) is 8.78 Å². The molecule has 0 aromatic carbocycles. The zero-order chi connectivity index (χ0) is 14.0. The molecule has 0 saturated carbocycles. The molecule has 0 radical (unpaired) electrons. The van der Waals surface area contributed by atoms with Crippen LogP contribution in [0.1, 0.15) is 25.2 Å². The van der Waals surface area contributed by atoms with Gasteiger partial charge in [0.2, 0.25) is 0 Å². The summed E-state index contributed by atoms with van der Waals surface area (Å²) in [5.74, 6) is -5.90. The minimum absolute atomic E-state index is 0.117. The van der Waals surface area contributed by atoms with E-state index in [0.717, 1.165) is 13.1 Å². The third-order valence-electron chi connectivity index (χ3n) is 2.49. The number of halogens is 2.